The average molecular weight is 271 g/mol. The summed E-state index contributed by atoms with van der Waals surface area (Å²) in [4.78, 5) is 0. The molecular weight excluding hydrogens is 248 g/mol. The molecule has 0 aliphatic carbocycles. The maximum Gasteiger partial charge on any atom is 0.138 e. The SMILES string of the molecule is CC[N+](CCO)(c1ccccc1)c1ccc(N)c(C)c1. The number of hydrogen-bond acceptors (Lipinski definition) is 2. The topological polar surface area (TPSA) is 46.2 Å². The van der Waals surface area contributed by atoms with Crippen LogP contribution in [0.4, 0.5) is 17.1 Å². The number of quaternary nitrogens is 1. The van der Waals surface area contributed by atoms with Crippen LogP contribution in [-0.4, -0.2) is 24.8 Å². The summed E-state index contributed by atoms with van der Waals surface area (Å²) in [6.45, 7) is 5.85. The summed E-state index contributed by atoms with van der Waals surface area (Å²) in [6.07, 6.45) is 0. The third-order valence-electron chi connectivity index (χ3n) is 4.02. The largest absolute Gasteiger partial charge is 0.399 e. The van der Waals surface area contributed by atoms with E-state index in [0.29, 0.717) is 11.0 Å². The fourth-order valence-electron chi connectivity index (χ4n) is 2.74. The van der Waals surface area contributed by atoms with Crippen molar-refractivity contribution in [3.63, 3.8) is 0 Å². The Balaban J connectivity index is 2.59. The Morgan fingerprint density at radius 1 is 1.05 bits per heavy atom. The van der Waals surface area contributed by atoms with E-state index in [1.807, 2.05) is 31.2 Å². The van der Waals surface area contributed by atoms with Gasteiger partial charge in [0.1, 0.15) is 17.9 Å². The second-order valence-electron chi connectivity index (χ2n) is 5.11. The van der Waals surface area contributed by atoms with Crippen molar-refractivity contribution in [3.8, 4) is 0 Å². The number of rotatable bonds is 5. The highest BCUT2D eigenvalue weighted by molar-refractivity contribution is 5.63. The zero-order chi connectivity index (χ0) is 14.6. The highest BCUT2D eigenvalue weighted by Crippen LogP contribution is 2.35. The number of benzene rings is 2. The van der Waals surface area contributed by atoms with Gasteiger partial charge in [0.15, 0.2) is 0 Å². The fourth-order valence-corrected chi connectivity index (χ4v) is 2.74. The molecule has 3 N–H and O–H groups in total. The molecule has 0 spiro atoms. The van der Waals surface area contributed by atoms with Crippen LogP contribution in [0.5, 0.6) is 0 Å². The minimum absolute atomic E-state index is 0.145. The number of hydrogen-bond donors (Lipinski definition) is 2. The molecule has 1 unspecified atom stereocenters. The van der Waals surface area contributed by atoms with E-state index in [9.17, 15) is 5.11 Å². The molecule has 20 heavy (non-hydrogen) atoms. The fraction of sp³-hybridized carbons (Fsp3) is 0.294. The van der Waals surface area contributed by atoms with Crippen LogP contribution < -0.4 is 10.2 Å². The molecule has 0 saturated heterocycles. The quantitative estimate of drug-likeness (QED) is 0.648. The van der Waals surface area contributed by atoms with Crippen LogP contribution in [0.2, 0.25) is 0 Å². The average Bonchev–Trinajstić information content (AvgIpc) is 2.49. The normalized spacial score (nSPS) is 13.9. The van der Waals surface area contributed by atoms with Gasteiger partial charge >= 0.3 is 0 Å². The number of nitrogens with zero attached hydrogens (tertiary/aromatic N) is 1. The van der Waals surface area contributed by atoms with Crippen molar-refractivity contribution >= 4 is 17.1 Å². The first-order valence-electron chi connectivity index (χ1n) is 7.04. The highest BCUT2D eigenvalue weighted by atomic mass is 16.3. The maximum atomic E-state index is 9.54. The molecule has 0 fully saturated rings. The van der Waals surface area contributed by atoms with E-state index < -0.39 is 0 Å². The molecular formula is C17H23N2O+. The van der Waals surface area contributed by atoms with Gasteiger partial charge in [0.05, 0.1) is 13.2 Å². The molecule has 3 heteroatoms. The lowest BCUT2D eigenvalue weighted by Gasteiger charge is -2.36. The first kappa shape index (κ1) is 14.6. The van der Waals surface area contributed by atoms with Crippen molar-refractivity contribution < 1.29 is 5.11 Å². The maximum absolute atomic E-state index is 9.54. The van der Waals surface area contributed by atoms with Gasteiger partial charge in [-0.15, -0.1) is 0 Å². The van der Waals surface area contributed by atoms with Gasteiger partial charge in [0, 0.05) is 17.8 Å². The van der Waals surface area contributed by atoms with Crippen molar-refractivity contribution in [3.05, 3.63) is 54.1 Å². The Kier molecular flexibility index (Phi) is 4.42. The zero-order valence-electron chi connectivity index (χ0n) is 12.2. The van der Waals surface area contributed by atoms with E-state index in [1.54, 1.807) is 0 Å². The van der Waals surface area contributed by atoms with Gasteiger partial charge in [-0.1, -0.05) is 18.2 Å². The number of aliphatic hydroxyl groups is 1. The third-order valence-corrected chi connectivity index (χ3v) is 4.02. The Bertz CT molecular complexity index is 568. The van der Waals surface area contributed by atoms with Crippen LogP contribution >= 0.6 is 0 Å². The van der Waals surface area contributed by atoms with E-state index in [0.717, 1.165) is 17.8 Å². The first-order chi connectivity index (χ1) is 9.64. The summed E-state index contributed by atoms with van der Waals surface area (Å²) in [5.74, 6) is 0. The minimum Gasteiger partial charge on any atom is -0.399 e. The number of aryl methyl sites for hydroxylation is 1. The molecule has 106 valence electrons. The molecule has 0 radical (unpaired) electrons. The van der Waals surface area contributed by atoms with Crippen LogP contribution in [0, 0.1) is 6.92 Å². The molecule has 0 aliphatic rings. The molecule has 3 nitrogen and oxygen atoms in total. The first-order valence-corrected chi connectivity index (χ1v) is 7.04. The molecule has 1 atom stereocenters. The predicted molar refractivity (Wildman–Crippen MR) is 86.0 cm³/mol. The summed E-state index contributed by atoms with van der Waals surface area (Å²) < 4.78 is 0.637. The molecule has 0 amide bonds. The molecule has 0 bridgehead atoms. The molecule has 0 aliphatic heterocycles. The van der Waals surface area contributed by atoms with Crippen LogP contribution in [0.25, 0.3) is 0 Å². The van der Waals surface area contributed by atoms with E-state index in [4.69, 9.17) is 5.73 Å². The number of aliphatic hydroxyl groups excluding tert-OH is 1. The van der Waals surface area contributed by atoms with E-state index in [1.165, 1.54) is 11.4 Å². The smallest absolute Gasteiger partial charge is 0.138 e. The summed E-state index contributed by atoms with van der Waals surface area (Å²) in [7, 11) is 0. The summed E-state index contributed by atoms with van der Waals surface area (Å²) in [6, 6.07) is 16.5. The van der Waals surface area contributed by atoms with E-state index in [-0.39, 0.29) is 6.61 Å². The predicted octanol–water partition coefficient (Wildman–Crippen LogP) is 3.23. The third kappa shape index (κ3) is 2.55. The van der Waals surface area contributed by atoms with Crippen molar-refractivity contribution in [2.45, 2.75) is 13.8 Å². The lowest BCUT2D eigenvalue weighted by atomic mass is 10.1. The van der Waals surface area contributed by atoms with Crippen molar-refractivity contribution in [1.29, 1.82) is 0 Å². The number of nitrogen functional groups attached to an aromatic ring is 1. The minimum atomic E-state index is 0.145. The summed E-state index contributed by atoms with van der Waals surface area (Å²) in [5.41, 5.74) is 10.2. The van der Waals surface area contributed by atoms with E-state index in [2.05, 4.69) is 31.2 Å². The van der Waals surface area contributed by atoms with E-state index >= 15 is 0 Å². The molecule has 2 aromatic rings. The monoisotopic (exact) mass is 271 g/mol. The van der Waals surface area contributed by atoms with Crippen molar-refractivity contribution in [2.75, 3.05) is 25.4 Å². The second kappa shape index (κ2) is 6.07. The Morgan fingerprint density at radius 3 is 2.30 bits per heavy atom. The number of anilines is 1. The van der Waals surface area contributed by atoms with Crippen molar-refractivity contribution in [1.82, 2.24) is 4.48 Å². The van der Waals surface area contributed by atoms with Crippen LogP contribution in [0.3, 0.4) is 0 Å². The van der Waals surface area contributed by atoms with Gasteiger partial charge in [-0.05, 0) is 37.6 Å². The van der Waals surface area contributed by atoms with Crippen LogP contribution in [0.15, 0.2) is 48.5 Å². The number of nitrogens with two attached hydrogens (primary N) is 1. The highest BCUT2D eigenvalue weighted by Gasteiger charge is 2.31. The van der Waals surface area contributed by atoms with Crippen LogP contribution in [-0.2, 0) is 0 Å². The van der Waals surface area contributed by atoms with Gasteiger partial charge in [0.25, 0.3) is 0 Å². The molecule has 0 saturated carbocycles. The molecule has 0 heterocycles. The van der Waals surface area contributed by atoms with Gasteiger partial charge in [-0.2, -0.15) is 0 Å². The Hall–Kier alpha value is -1.84. The standard InChI is InChI=1S/C17H23N2O/c1-3-19(11-12-20,15-7-5-4-6-8-15)16-9-10-17(18)14(2)13-16/h4-10,13,20H,3,11-12,18H2,1-2H3/q+1. The second-order valence-corrected chi connectivity index (χ2v) is 5.11. The molecule has 0 aromatic heterocycles. The van der Waals surface area contributed by atoms with Gasteiger partial charge in [-0.3, -0.25) is 4.48 Å². The summed E-state index contributed by atoms with van der Waals surface area (Å²) >= 11 is 0. The Labute approximate surface area is 120 Å². The number of para-hydroxylation sites is 1. The van der Waals surface area contributed by atoms with Crippen LogP contribution in [0.1, 0.15) is 12.5 Å². The number of likely N-dealkylation sites (N-methyl/N-ethyl adjacent to an activating group) is 1. The van der Waals surface area contributed by atoms with Gasteiger partial charge < -0.3 is 10.8 Å². The molecule has 2 aromatic carbocycles. The molecule has 2 rings (SSSR count). The van der Waals surface area contributed by atoms with Gasteiger partial charge in [-0.25, -0.2) is 0 Å². The summed E-state index contributed by atoms with van der Waals surface area (Å²) in [5, 5.41) is 9.54. The Morgan fingerprint density at radius 2 is 1.75 bits per heavy atom. The zero-order valence-corrected chi connectivity index (χ0v) is 12.2. The lowest BCUT2D eigenvalue weighted by molar-refractivity contribution is 0.245. The van der Waals surface area contributed by atoms with Crippen molar-refractivity contribution in [2.24, 2.45) is 0 Å². The van der Waals surface area contributed by atoms with Gasteiger partial charge in [0.2, 0.25) is 0 Å². The lowest BCUT2D eigenvalue weighted by Crippen LogP contribution is -2.46.